The van der Waals surface area contributed by atoms with Crippen LogP contribution in [-0.4, -0.2) is 44.7 Å². The minimum Gasteiger partial charge on any atom is -0.508 e. The highest BCUT2D eigenvalue weighted by Crippen LogP contribution is 2.64. The predicted octanol–water partition coefficient (Wildman–Crippen LogP) is 6.48. The van der Waals surface area contributed by atoms with E-state index in [1.165, 1.54) is 24.3 Å². The van der Waals surface area contributed by atoms with Crippen molar-refractivity contribution in [3.63, 3.8) is 0 Å². The van der Waals surface area contributed by atoms with Crippen LogP contribution in [0.5, 0.6) is 11.5 Å². The van der Waals surface area contributed by atoms with Gasteiger partial charge >= 0.3 is 5.97 Å². The van der Waals surface area contributed by atoms with Crippen molar-refractivity contribution in [2.45, 2.75) is 24.2 Å². The van der Waals surface area contributed by atoms with Gasteiger partial charge in [-0.05, 0) is 65.8 Å². The fourth-order valence-electron chi connectivity index (χ4n) is 9.06. The normalized spacial score (nSPS) is 26.9. The Hall–Kier alpha value is -5.80. The molecule has 3 aliphatic carbocycles. The summed E-state index contributed by atoms with van der Waals surface area (Å²) < 4.78 is 0. The zero-order valence-electron chi connectivity index (χ0n) is 26.9. The van der Waals surface area contributed by atoms with Crippen LogP contribution in [0.15, 0.2) is 115 Å². The lowest BCUT2D eigenvalue weighted by Crippen LogP contribution is -2.58. The van der Waals surface area contributed by atoms with Crippen LogP contribution in [0.4, 0.5) is 5.69 Å². The number of phenolic OH excluding ortho intramolecular Hbond substituents is 1. The number of fused-ring (bicyclic) bond motifs is 4. The van der Waals surface area contributed by atoms with Crippen LogP contribution in [0, 0.1) is 23.7 Å². The van der Waals surface area contributed by atoms with Crippen molar-refractivity contribution in [2.75, 3.05) is 4.90 Å². The lowest BCUT2D eigenvalue weighted by atomic mass is 9.44. The molecule has 9 nitrogen and oxygen atoms in total. The minimum atomic E-state index is -1.48. The molecule has 0 bridgehead atoms. The summed E-state index contributed by atoms with van der Waals surface area (Å²) in [6, 6.07) is 26.1. The fourth-order valence-corrected chi connectivity index (χ4v) is 9.35. The number of anilines is 1. The molecule has 0 radical (unpaired) electrons. The van der Waals surface area contributed by atoms with Crippen LogP contribution < -0.4 is 4.90 Å². The van der Waals surface area contributed by atoms with E-state index >= 15 is 4.79 Å². The van der Waals surface area contributed by atoms with Crippen LogP contribution in [0.2, 0.25) is 5.02 Å². The summed E-state index contributed by atoms with van der Waals surface area (Å²) in [7, 11) is 0. The van der Waals surface area contributed by atoms with E-state index in [9.17, 15) is 34.5 Å². The average Bonchev–Trinajstić information content (AvgIpc) is 3.38. The SMILES string of the molecule is O=C(O)c1ccc(N2C(=O)[C@H]3[C@H](CC=C4[C@H]3C[C@H]3C(=O)C(c5ccccc5)=CC(=O)[C@@]3(c3ccccc3)[C@H]4c3ccc(O)cc3Cl)C2=O)cc1O. The van der Waals surface area contributed by atoms with Gasteiger partial charge in [-0.15, -0.1) is 0 Å². The van der Waals surface area contributed by atoms with Gasteiger partial charge in [0.2, 0.25) is 11.8 Å². The van der Waals surface area contributed by atoms with Gasteiger partial charge in [0.15, 0.2) is 11.6 Å². The number of nitrogens with zero attached hydrogens (tertiary/aromatic N) is 1. The first-order chi connectivity index (χ1) is 24.5. The number of rotatable bonds is 5. The lowest BCUT2D eigenvalue weighted by molar-refractivity contribution is -0.135. The Kier molecular flexibility index (Phi) is 7.57. The van der Waals surface area contributed by atoms with Gasteiger partial charge in [-0.25, -0.2) is 9.69 Å². The smallest absolute Gasteiger partial charge is 0.339 e. The first kappa shape index (κ1) is 32.4. The highest BCUT2D eigenvalue weighted by atomic mass is 35.5. The first-order valence-corrected chi connectivity index (χ1v) is 17.0. The topological polar surface area (TPSA) is 149 Å². The van der Waals surface area contributed by atoms with Crippen LogP contribution >= 0.6 is 11.6 Å². The van der Waals surface area contributed by atoms with Gasteiger partial charge in [-0.1, -0.05) is 90.0 Å². The lowest BCUT2D eigenvalue weighted by Gasteiger charge is -2.55. The second-order valence-electron chi connectivity index (χ2n) is 13.5. The van der Waals surface area contributed by atoms with E-state index in [1.54, 1.807) is 30.3 Å². The molecule has 4 aromatic carbocycles. The predicted molar refractivity (Wildman–Crippen MR) is 187 cm³/mol. The number of imide groups is 1. The van der Waals surface area contributed by atoms with Crippen molar-refractivity contribution in [1.29, 1.82) is 0 Å². The second kappa shape index (κ2) is 11.9. The van der Waals surface area contributed by atoms with Crippen molar-refractivity contribution < 1.29 is 39.3 Å². The van der Waals surface area contributed by atoms with E-state index in [1.807, 2.05) is 42.5 Å². The standard InChI is InChI=1S/C41H30ClNO8/c42-32-18-24(44)12-14-26(32)36-25-15-16-28-35(39(49)43(38(28)48)23-11-13-27(40(50)51)33(45)17-23)30(25)19-31-37(47)29(21-7-3-1-4-8-21)20-34(46)41(31,36)22-9-5-2-6-10-22/h1-15,17-18,20,28,30-31,35-36,44-45H,16,19H2,(H,50,51)/t28-,30+,31-,35-,36+,41-/m0/s1. The Balaban J connectivity index is 1.34. The monoisotopic (exact) mass is 699 g/mol. The second-order valence-corrected chi connectivity index (χ2v) is 13.9. The van der Waals surface area contributed by atoms with Crippen LogP contribution in [0.25, 0.3) is 5.57 Å². The van der Waals surface area contributed by atoms with Crippen LogP contribution in [-0.2, 0) is 24.6 Å². The van der Waals surface area contributed by atoms with Gasteiger partial charge in [-0.2, -0.15) is 0 Å². The molecule has 4 aliphatic rings. The van der Waals surface area contributed by atoms with Gasteiger partial charge in [0.1, 0.15) is 17.1 Å². The number of carboxylic acids is 1. The third kappa shape index (κ3) is 4.72. The molecule has 10 heteroatoms. The number of benzene rings is 4. The molecule has 0 spiro atoms. The molecule has 1 saturated carbocycles. The average molecular weight is 700 g/mol. The fraction of sp³-hybridized carbons (Fsp3) is 0.195. The number of allylic oxidation sites excluding steroid dienone is 4. The number of halogens is 1. The molecule has 0 unspecified atom stereocenters. The zero-order valence-corrected chi connectivity index (χ0v) is 27.7. The molecule has 3 N–H and O–H groups in total. The molecule has 2 amide bonds. The van der Waals surface area contributed by atoms with E-state index in [-0.39, 0.29) is 52.0 Å². The summed E-state index contributed by atoms with van der Waals surface area (Å²) in [5.74, 6) is -7.85. The van der Waals surface area contributed by atoms with Gasteiger partial charge < -0.3 is 15.3 Å². The number of carbonyl (C=O) groups is 5. The van der Waals surface area contributed by atoms with Crippen LogP contribution in [0.1, 0.15) is 45.8 Å². The molecule has 254 valence electrons. The molecule has 6 atom stereocenters. The van der Waals surface area contributed by atoms with Gasteiger partial charge in [0.25, 0.3) is 0 Å². The summed E-state index contributed by atoms with van der Waals surface area (Å²) in [4.78, 5) is 71.1. The Labute approximate surface area is 297 Å². The highest BCUT2D eigenvalue weighted by molar-refractivity contribution is 6.33. The number of hydrogen-bond acceptors (Lipinski definition) is 7. The Morgan fingerprint density at radius 3 is 2.20 bits per heavy atom. The summed E-state index contributed by atoms with van der Waals surface area (Å²) in [6.45, 7) is 0. The number of carbonyl (C=O) groups excluding carboxylic acids is 4. The number of aromatic hydroxyl groups is 2. The summed E-state index contributed by atoms with van der Waals surface area (Å²) in [6.07, 6.45) is 3.56. The number of aromatic carboxylic acids is 1. The number of ketones is 2. The minimum absolute atomic E-state index is 0.0363. The molecule has 1 saturated heterocycles. The third-order valence-electron chi connectivity index (χ3n) is 11.1. The van der Waals surface area contributed by atoms with Crippen molar-refractivity contribution in [2.24, 2.45) is 23.7 Å². The molecule has 0 aromatic heterocycles. The van der Waals surface area contributed by atoms with Crippen molar-refractivity contribution in [1.82, 2.24) is 0 Å². The van der Waals surface area contributed by atoms with Crippen molar-refractivity contribution in [3.8, 4) is 11.5 Å². The maximum absolute atomic E-state index is 15.1. The number of phenols is 2. The van der Waals surface area contributed by atoms with E-state index in [4.69, 9.17) is 11.6 Å². The van der Waals surface area contributed by atoms with E-state index in [0.717, 1.165) is 17.0 Å². The third-order valence-corrected chi connectivity index (χ3v) is 11.5. The zero-order chi connectivity index (χ0) is 35.8. The number of Topliss-reactive ketones (excluding diaryl/α,β-unsaturated/α-hetero) is 1. The molecule has 1 aliphatic heterocycles. The van der Waals surface area contributed by atoms with Crippen molar-refractivity contribution in [3.05, 3.63) is 142 Å². The highest BCUT2D eigenvalue weighted by Gasteiger charge is 2.66. The molecule has 8 rings (SSSR count). The van der Waals surface area contributed by atoms with Gasteiger partial charge in [0.05, 0.1) is 22.9 Å². The van der Waals surface area contributed by atoms with E-state index in [0.29, 0.717) is 22.3 Å². The largest absolute Gasteiger partial charge is 0.508 e. The first-order valence-electron chi connectivity index (χ1n) is 16.6. The molecular formula is C41H30ClNO8. The molecule has 4 aromatic rings. The van der Waals surface area contributed by atoms with Crippen LogP contribution in [0.3, 0.4) is 0 Å². The van der Waals surface area contributed by atoms with Gasteiger partial charge in [-0.3, -0.25) is 19.2 Å². The summed E-state index contributed by atoms with van der Waals surface area (Å²) in [5, 5.41) is 30.4. The van der Waals surface area contributed by atoms with Crippen molar-refractivity contribution >= 4 is 52.2 Å². The Bertz CT molecular complexity index is 2250. The summed E-state index contributed by atoms with van der Waals surface area (Å²) >= 11 is 6.91. The Morgan fingerprint density at radius 2 is 1.53 bits per heavy atom. The summed E-state index contributed by atoms with van der Waals surface area (Å²) in [5.41, 5.74) is 0.841. The molecule has 51 heavy (non-hydrogen) atoms. The van der Waals surface area contributed by atoms with Gasteiger partial charge in [0, 0.05) is 28.5 Å². The maximum atomic E-state index is 15.1. The Morgan fingerprint density at radius 1 is 0.824 bits per heavy atom. The number of carboxylic acid groups (broad SMARTS) is 1. The number of hydrogen-bond donors (Lipinski definition) is 3. The quantitative estimate of drug-likeness (QED) is 0.158. The van der Waals surface area contributed by atoms with E-state index < -0.39 is 58.5 Å². The maximum Gasteiger partial charge on any atom is 0.339 e. The molecule has 2 fully saturated rings. The molecular weight excluding hydrogens is 670 g/mol. The number of amides is 2. The van der Waals surface area contributed by atoms with E-state index in [2.05, 4.69) is 0 Å². The molecule has 1 heterocycles.